The van der Waals surface area contributed by atoms with Crippen LogP contribution in [-0.2, 0) is 13.1 Å². The summed E-state index contributed by atoms with van der Waals surface area (Å²) in [4.78, 5) is 7.29. The molecule has 0 aliphatic heterocycles. The van der Waals surface area contributed by atoms with Crippen molar-refractivity contribution < 1.29 is 0 Å². The quantitative estimate of drug-likeness (QED) is 0.369. The number of nitrogens with one attached hydrogen (secondary N) is 1. The lowest BCUT2D eigenvalue weighted by Gasteiger charge is -2.27. The Bertz CT molecular complexity index is 1080. The molecule has 0 fully saturated rings. The molecular weight excluding hydrogens is 380 g/mol. The number of hydrogen-bond donors (Lipinski definition) is 2. The number of rotatable bonds is 8. The smallest absolute Gasteiger partial charge is 0.155 e. The van der Waals surface area contributed by atoms with E-state index in [0.29, 0.717) is 11.6 Å². The first-order valence-corrected chi connectivity index (χ1v) is 10.9. The molecule has 0 saturated carbocycles. The minimum absolute atomic E-state index is 0.513. The molecule has 0 saturated heterocycles. The summed E-state index contributed by atoms with van der Waals surface area (Å²) in [7, 11) is 0. The first-order chi connectivity index (χ1) is 15.1. The predicted octanol–water partition coefficient (Wildman–Crippen LogP) is 6.09. The van der Waals surface area contributed by atoms with Crippen LogP contribution in [0.25, 0.3) is 10.9 Å². The lowest BCUT2D eigenvalue weighted by molar-refractivity contribution is 0.689. The van der Waals surface area contributed by atoms with Gasteiger partial charge in [0.15, 0.2) is 5.82 Å². The second-order valence-electron chi connectivity index (χ2n) is 8.34. The Morgan fingerprint density at radius 1 is 0.806 bits per heavy atom. The highest BCUT2D eigenvalue weighted by molar-refractivity contribution is 6.01. The van der Waals surface area contributed by atoms with Gasteiger partial charge in [0, 0.05) is 25.0 Å². The standard InChI is InChI=1S/C27H30N4/c1-20(2)17-29-26-23-15-9-10-16-24(23)30-27(25(26)28)31(18-21-11-5-3-6-12-21)19-22-13-7-4-8-14-22/h3-16,20H,17-19,28H2,1-2H3,(H,29,30). The van der Waals surface area contributed by atoms with Gasteiger partial charge in [-0.3, -0.25) is 0 Å². The third kappa shape index (κ3) is 4.97. The predicted molar refractivity (Wildman–Crippen MR) is 132 cm³/mol. The molecule has 0 bridgehead atoms. The van der Waals surface area contributed by atoms with Gasteiger partial charge in [0.1, 0.15) is 0 Å². The van der Waals surface area contributed by atoms with Gasteiger partial charge < -0.3 is 16.0 Å². The average Bonchev–Trinajstić information content (AvgIpc) is 2.79. The van der Waals surface area contributed by atoms with E-state index in [4.69, 9.17) is 10.7 Å². The van der Waals surface area contributed by atoms with E-state index in [2.05, 4.69) is 84.7 Å². The van der Waals surface area contributed by atoms with Crippen LogP contribution in [-0.4, -0.2) is 11.5 Å². The summed E-state index contributed by atoms with van der Waals surface area (Å²) in [6.45, 7) is 6.72. The SMILES string of the molecule is CC(C)CNc1c(N)c(N(Cc2ccccc2)Cc2ccccc2)nc2ccccc12. The molecule has 0 atom stereocenters. The molecule has 4 rings (SSSR count). The van der Waals surface area contributed by atoms with Crippen molar-refractivity contribution in [2.24, 2.45) is 5.92 Å². The van der Waals surface area contributed by atoms with Crippen LogP contribution in [0.15, 0.2) is 84.9 Å². The van der Waals surface area contributed by atoms with Crippen molar-refractivity contribution in [1.29, 1.82) is 0 Å². The maximum Gasteiger partial charge on any atom is 0.155 e. The molecule has 0 amide bonds. The summed E-state index contributed by atoms with van der Waals surface area (Å²) >= 11 is 0. The van der Waals surface area contributed by atoms with Crippen molar-refractivity contribution >= 4 is 28.1 Å². The molecule has 4 aromatic rings. The summed E-state index contributed by atoms with van der Waals surface area (Å²) in [6, 6.07) is 29.2. The van der Waals surface area contributed by atoms with E-state index in [9.17, 15) is 0 Å². The Morgan fingerprint density at radius 3 is 1.94 bits per heavy atom. The monoisotopic (exact) mass is 410 g/mol. The van der Waals surface area contributed by atoms with Crippen molar-refractivity contribution in [3.05, 3.63) is 96.1 Å². The largest absolute Gasteiger partial charge is 0.394 e. The zero-order valence-electron chi connectivity index (χ0n) is 18.3. The molecule has 0 aliphatic carbocycles. The number of aromatic nitrogens is 1. The molecule has 4 heteroatoms. The highest BCUT2D eigenvalue weighted by Crippen LogP contribution is 2.37. The number of hydrogen-bond acceptors (Lipinski definition) is 4. The Kier molecular flexibility index (Phi) is 6.37. The lowest BCUT2D eigenvalue weighted by atomic mass is 10.1. The van der Waals surface area contributed by atoms with Crippen LogP contribution in [0.2, 0.25) is 0 Å². The van der Waals surface area contributed by atoms with E-state index in [0.717, 1.165) is 42.0 Å². The molecular formula is C27H30N4. The summed E-state index contributed by atoms with van der Waals surface area (Å²) in [5.41, 5.74) is 11.9. The number of nitrogens with two attached hydrogens (primary N) is 1. The number of pyridine rings is 1. The molecule has 0 spiro atoms. The van der Waals surface area contributed by atoms with Crippen molar-refractivity contribution in [1.82, 2.24) is 4.98 Å². The van der Waals surface area contributed by atoms with Crippen molar-refractivity contribution in [2.45, 2.75) is 26.9 Å². The third-order valence-corrected chi connectivity index (χ3v) is 5.33. The fraction of sp³-hybridized carbons (Fsp3) is 0.222. The highest BCUT2D eigenvalue weighted by atomic mass is 15.2. The number of benzene rings is 3. The van der Waals surface area contributed by atoms with Gasteiger partial charge in [-0.2, -0.15) is 0 Å². The van der Waals surface area contributed by atoms with Gasteiger partial charge >= 0.3 is 0 Å². The molecule has 0 unspecified atom stereocenters. The zero-order valence-corrected chi connectivity index (χ0v) is 18.3. The number of fused-ring (bicyclic) bond motifs is 1. The molecule has 158 valence electrons. The van der Waals surface area contributed by atoms with Crippen molar-refractivity contribution in [2.75, 3.05) is 22.5 Å². The summed E-state index contributed by atoms with van der Waals surface area (Å²) in [5.74, 6) is 1.33. The second kappa shape index (κ2) is 9.52. The fourth-order valence-electron chi connectivity index (χ4n) is 3.76. The van der Waals surface area contributed by atoms with Gasteiger partial charge in [-0.15, -0.1) is 0 Å². The molecule has 3 N–H and O–H groups in total. The van der Waals surface area contributed by atoms with Crippen LogP contribution in [0.3, 0.4) is 0 Å². The van der Waals surface area contributed by atoms with Gasteiger partial charge in [-0.1, -0.05) is 92.7 Å². The third-order valence-electron chi connectivity index (χ3n) is 5.33. The van der Waals surface area contributed by atoms with E-state index in [1.54, 1.807) is 0 Å². The minimum atomic E-state index is 0.513. The van der Waals surface area contributed by atoms with Crippen LogP contribution < -0.4 is 16.0 Å². The van der Waals surface area contributed by atoms with E-state index in [-0.39, 0.29) is 0 Å². The van der Waals surface area contributed by atoms with E-state index < -0.39 is 0 Å². The lowest BCUT2D eigenvalue weighted by Crippen LogP contribution is -2.25. The average molecular weight is 411 g/mol. The summed E-state index contributed by atoms with van der Waals surface area (Å²) < 4.78 is 0. The number of nitrogen functional groups attached to an aromatic ring is 1. The number of nitrogens with zero attached hydrogens (tertiary/aromatic N) is 2. The normalized spacial score (nSPS) is 11.1. The molecule has 1 aromatic heterocycles. The van der Waals surface area contributed by atoms with Gasteiger partial charge in [0.25, 0.3) is 0 Å². The first kappa shape index (κ1) is 20.7. The molecule has 1 heterocycles. The maximum absolute atomic E-state index is 6.78. The van der Waals surface area contributed by atoms with Crippen molar-refractivity contribution in [3.63, 3.8) is 0 Å². The highest BCUT2D eigenvalue weighted by Gasteiger charge is 2.19. The molecule has 0 radical (unpaired) electrons. The zero-order chi connectivity index (χ0) is 21.6. The van der Waals surface area contributed by atoms with Crippen molar-refractivity contribution in [3.8, 4) is 0 Å². The second-order valence-corrected chi connectivity index (χ2v) is 8.34. The Balaban J connectivity index is 1.80. The van der Waals surface area contributed by atoms with Gasteiger partial charge in [0.2, 0.25) is 0 Å². The van der Waals surface area contributed by atoms with E-state index >= 15 is 0 Å². The van der Waals surface area contributed by atoms with Gasteiger partial charge in [-0.05, 0) is 23.1 Å². The minimum Gasteiger partial charge on any atom is -0.394 e. The summed E-state index contributed by atoms with van der Waals surface area (Å²) in [5, 5.41) is 4.65. The number of anilines is 3. The maximum atomic E-state index is 6.78. The first-order valence-electron chi connectivity index (χ1n) is 10.9. The molecule has 31 heavy (non-hydrogen) atoms. The Morgan fingerprint density at radius 2 is 1.35 bits per heavy atom. The van der Waals surface area contributed by atoms with Crippen LogP contribution in [0.1, 0.15) is 25.0 Å². The van der Waals surface area contributed by atoms with Crippen LogP contribution in [0, 0.1) is 5.92 Å². The molecule has 0 aliphatic rings. The van der Waals surface area contributed by atoms with E-state index in [1.807, 2.05) is 24.3 Å². The Labute approximate surface area is 184 Å². The van der Waals surface area contributed by atoms with Crippen LogP contribution >= 0.6 is 0 Å². The van der Waals surface area contributed by atoms with E-state index in [1.165, 1.54) is 11.1 Å². The Hall–Kier alpha value is -3.53. The summed E-state index contributed by atoms with van der Waals surface area (Å²) in [6.07, 6.45) is 0. The van der Waals surface area contributed by atoms with Crippen LogP contribution in [0.4, 0.5) is 17.2 Å². The van der Waals surface area contributed by atoms with Gasteiger partial charge in [-0.25, -0.2) is 4.98 Å². The topological polar surface area (TPSA) is 54.2 Å². The fourth-order valence-corrected chi connectivity index (χ4v) is 3.76. The van der Waals surface area contributed by atoms with Crippen LogP contribution in [0.5, 0.6) is 0 Å². The number of para-hydroxylation sites is 1. The molecule has 3 aromatic carbocycles. The molecule has 4 nitrogen and oxygen atoms in total. The van der Waals surface area contributed by atoms with Gasteiger partial charge in [0.05, 0.1) is 16.9 Å².